The fraction of sp³-hybridized carbons (Fsp3) is 0.600. The molecule has 108 valence electrons. The van der Waals surface area contributed by atoms with E-state index < -0.39 is 0 Å². The topological polar surface area (TPSA) is 57.3 Å². The zero-order valence-corrected chi connectivity index (χ0v) is 13.2. The number of nitrogens with zero attached hydrogens (tertiary/aromatic N) is 1. The summed E-state index contributed by atoms with van der Waals surface area (Å²) in [5, 5.41) is 13.1. The maximum atomic E-state index is 11.9. The highest BCUT2D eigenvalue weighted by Crippen LogP contribution is 2.39. The van der Waals surface area contributed by atoms with Crippen molar-refractivity contribution in [1.82, 2.24) is 0 Å². The van der Waals surface area contributed by atoms with Crippen molar-refractivity contribution in [3.63, 3.8) is 0 Å². The van der Waals surface area contributed by atoms with Crippen molar-refractivity contribution in [3.8, 4) is 6.07 Å². The van der Waals surface area contributed by atoms with Crippen LogP contribution in [0, 0.1) is 17.2 Å². The van der Waals surface area contributed by atoms with Crippen molar-refractivity contribution >= 4 is 22.2 Å². The van der Waals surface area contributed by atoms with Crippen LogP contribution in [0.25, 0.3) is 0 Å². The van der Waals surface area contributed by atoms with E-state index in [9.17, 15) is 10.1 Å². The summed E-state index contributed by atoms with van der Waals surface area (Å²) >= 11 is 1.60. The number of anilines is 1. The Morgan fingerprint density at radius 3 is 2.90 bits per heavy atom. The van der Waals surface area contributed by atoms with Crippen molar-refractivity contribution in [3.05, 3.63) is 16.0 Å². The summed E-state index contributed by atoms with van der Waals surface area (Å²) in [5.74, 6) is 0.703. The third-order valence-corrected chi connectivity index (χ3v) is 4.99. The van der Waals surface area contributed by atoms with Crippen molar-refractivity contribution in [2.45, 2.75) is 32.6 Å². The SMILES string of the molecule is CC[C@@H]1CCc2c(sc(NC(=O)C[NH+](C)C)c2C#N)C1. The summed E-state index contributed by atoms with van der Waals surface area (Å²) in [4.78, 5) is 14.3. The molecule has 0 fully saturated rings. The number of thiophene rings is 1. The third kappa shape index (κ3) is 3.20. The average molecular weight is 292 g/mol. The zero-order valence-electron chi connectivity index (χ0n) is 12.4. The lowest BCUT2D eigenvalue weighted by Crippen LogP contribution is -3.06. The van der Waals surface area contributed by atoms with Gasteiger partial charge < -0.3 is 10.2 Å². The van der Waals surface area contributed by atoms with Crippen LogP contribution in [-0.4, -0.2) is 26.5 Å². The fourth-order valence-electron chi connectivity index (χ4n) is 2.70. The van der Waals surface area contributed by atoms with Gasteiger partial charge in [-0.2, -0.15) is 5.26 Å². The monoisotopic (exact) mass is 292 g/mol. The summed E-state index contributed by atoms with van der Waals surface area (Å²) in [7, 11) is 3.88. The quantitative estimate of drug-likeness (QED) is 0.876. The summed E-state index contributed by atoms with van der Waals surface area (Å²) in [6, 6.07) is 2.28. The molecule has 20 heavy (non-hydrogen) atoms. The number of rotatable bonds is 4. The summed E-state index contributed by atoms with van der Waals surface area (Å²) in [6.07, 6.45) is 4.37. The van der Waals surface area contributed by atoms with E-state index >= 15 is 0 Å². The number of carbonyl (C=O) groups is 1. The first kappa shape index (κ1) is 15.0. The summed E-state index contributed by atoms with van der Waals surface area (Å²) < 4.78 is 0. The van der Waals surface area contributed by atoms with Crippen LogP contribution in [0.4, 0.5) is 5.00 Å². The van der Waals surface area contributed by atoms with Crippen molar-refractivity contribution in [2.75, 3.05) is 26.0 Å². The molecule has 5 heteroatoms. The highest BCUT2D eigenvalue weighted by Gasteiger charge is 2.25. The highest BCUT2D eigenvalue weighted by molar-refractivity contribution is 7.16. The number of likely N-dealkylation sites (N-methyl/N-ethyl adjacent to an activating group) is 1. The molecular formula is C15H22N3OS+. The van der Waals surface area contributed by atoms with Crippen molar-refractivity contribution in [2.24, 2.45) is 5.92 Å². The van der Waals surface area contributed by atoms with Gasteiger partial charge >= 0.3 is 0 Å². The maximum Gasteiger partial charge on any atom is 0.280 e. The standard InChI is InChI=1S/C15H21N3OS/c1-4-10-5-6-11-12(8-16)15(20-13(11)7-10)17-14(19)9-18(2)3/h10H,4-7,9H2,1-3H3,(H,17,19)/p+1/t10-/m1/s1. The van der Waals surface area contributed by atoms with Crippen LogP contribution in [0.1, 0.15) is 35.8 Å². The minimum Gasteiger partial charge on any atom is -0.332 e. The highest BCUT2D eigenvalue weighted by atomic mass is 32.1. The van der Waals surface area contributed by atoms with E-state index in [-0.39, 0.29) is 5.91 Å². The van der Waals surface area contributed by atoms with Gasteiger partial charge in [-0.1, -0.05) is 13.3 Å². The molecular weight excluding hydrogens is 270 g/mol. The Morgan fingerprint density at radius 1 is 1.55 bits per heavy atom. The fourth-order valence-corrected chi connectivity index (χ4v) is 4.03. The number of hydrogen-bond acceptors (Lipinski definition) is 3. The second-order valence-corrected chi connectivity index (χ2v) is 6.87. The van der Waals surface area contributed by atoms with Crippen LogP contribution < -0.4 is 10.2 Å². The number of carbonyl (C=O) groups excluding carboxylic acids is 1. The van der Waals surface area contributed by atoms with Crippen molar-refractivity contribution in [1.29, 1.82) is 5.26 Å². The van der Waals surface area contributed by atoms with Gasteiger partial charge in [-0.3, -0.25) is 4.79 Å². The third-order valence-electron chi connectivity index (χ3n) is 3.82. The van der Waals surface area contributed by atoms with E-state index in [1.807, 2.05) is 14.1 Å². The number of fused-ring (bicyclic) bond motifs is 1. The van der Waals surface area contributed by atoms with Gasteiger partial charge in [0.1, 0.15) is 11.1 Å². The molecule has 2 N–H and O–H groups in total. The van der Waals surface area contributed by atoms with Gasteiger partial charge in [0.05, 0.1) is 19.7 Å². The molecule has 1 aromatic heterocycles. The van der Waals surface area contributed by atoms with Crippen LogP contribution in [-0.2, 0) is 17.6 Å². The van der Waals surface area contributed by atoms with E-state index in [1.165, 1.54) is 16.9 Å². The second kappa shape index (κ2) is 6.38. The van der Waals surface area contributed by atoms with Gasteiger partial charge in [-0.05, 0) is 30.7 Å². The minimum absolute atomic E-state index is 0.0212. The average Bonchev–Trinajstić information content (AvgIpc) is 2.73. The first-order chi connectivity index (χ1) is 9.55. The smallest absolute Gasteiger partial charge is 0.280 e. The van der Waals surface area contributed by atoms with Gasteiger partial charge in [0.15, 0.2) is 6.54 Å². The van der Waals surface area contributed by atoms with E-state index in [2.05, 4.69) is 18.3 Å². The predicted octanol–water partition coefficient (Wildman–Crippen LogP) is 1.22. The molecule has 2 rings (SSSR count). The van der Waals surface area contributed by atoms with Gasteiger partial charge in [-0.15, -0.1) is 11.3 Å². The number of quaternary nitrogens is 1. The Morgan fingerprint density at radius 2 is 2.30 bits per heavy atom. The molecule has 1 heterocycles. The van der Waals surface area contributed by atoms with Crippen molar-refractivity contribution < 1.29 is 9.69 Å². The molecule has 4 nitrogen and oxygen atoms in total. The summed E-state index contributed by atoms with van der Waals surface area (Å²) in [6.45, 7) is 2.64. The molecule has 0 aliphatic heterocycles. The molecule has 1 aliphatic carbocycles. The number of hydrogen-bond donors (Lipinski definition) is 2. The van der Waals surface area contributed by atoms with Crippen LogP contribution in [0.2, 0.25) is 0 Å². The predicted molar refractivity (Wildman–Crippen MR) is 81.1 cm³/mol. The lowest BCUT2D eigenvalue weighted by atomic mass is 9.86. The number of nitrogens with one attached hydrogen (secondary N) is 2. The lowest BCUT2D eigenvalue weighted by molar-refractivity contribution is -0.849. The van der Waals surface area contributed by atoms with E-state index in [1.54, 1.807) is 11.3 Å². The second-order valence-electron chi connectivity index (χ2n) is 5.77. The van der Waals surface area contributed by atoms with Gasteiger partial charge in [0.25, 0.3) is 5.91 Å². The molecule has 1 aliphatic rings. The number of nitriles is 1. The van der Waals surface area contributed by atoms with Gasteiger partial charge in [0, 0.05) is 4.88 Å². The van der Waals surface area contributed by atoms with E-state index in [4.69, 9.17) is 0 Å². The Balaban J connectivity index is 2.21. The molecule has 0 radical (unpaired) electrons. The normalized spacial score (nSPS) is 17.6. The molecule has 0 bridgehead atoms. The van der Waals surface area contributed by atoms with Gasteiger partial charge in [-0.25, -0.2) is 0 Å². The molecule has 0 saturated carbocycles. The Hall–Kier alpha value is -1.38. The van der Waals surface area contributed by atoms with Gasteiger partial charge in [0.2, 0.25) is 0 Å². The summed E-state index contributed by atoms with van der Waals surface area (Å²) in [5.41, 5.74) is 1.87. The van der Waals surface area contributed by atoms with Crippen LogP contribution >= 0.6 is 11.3 Å². The first-order valence-electron chi connectivity index (χ1n) is 7.18. The molecule has 0 unspecified atom stereocenters. The maximum absolute atomic E-state index is 11.9. The van der Waals surface area contributed by atoms with E-state index in [0.29, 0.717) is 12.1 Å². The Labute approximate surface area is 124 Å². The minimum atomic E-state index is -0.0212. The zero-order chi connectivity index (χ0) is 14.7. The van der Waals surface area contributed by atoms with Crippen LogP contribution in [0.5, 0.6) is 0 Å². The molecule has 0 saturated heterocycles. The molecule has 1 aromatic rings. The Bertz CT molecular complexity index is 542. The van der Waals surface area contributed by atoms with Crippen LogP contribution in [0.15, 0.2) is 0 Å². The number of amides is 1. The largest absolute Gasteiger partial charge is 0.332 e. The molecule has 0 aromatic carbocycles. The van der Waals surface area contributed by atoms with Crippen LogP contribution in [0.3, 0.4) is 0 Å². The molecule has 1 atom stereocenters. The first-order valence-corrected chi connectivity index (χ1v) is 8.00. The van der Waals surface area contributed by atoms with E-state index in [0.717, 1.165) is 35.1 Å². The Kier molecular flexibility index (Phi) is 4.79. The molecule has 0 spiro atoms. The molecule has 1 amide bonds. The lowest BCUT2D eigenvalue weighted by Gasteiger charge is -2.20.